The lowest BCUT2D eigenvalue weighted by molar-refractivity contribution is 0.109. The van der Waals surface area contributed by atoms with Gasteiger partial charge in [-0.05, 0) is 50.4 Å². The number of anilines is 2. The third-order valence-corrected chi connectivity index (χ3v) is 5.90. The summed E-state index contributed by atoms with van der Waals surface area (Å²) in [6.07, 6.45) is 2.33. The minimum Gasteiger partial charge on any atom is -0.378 e. The van der Waals surface area contributed by atoms with E-state index in [4.69, 9.17) is 0 Å². The van der Waals surface area contributed by atoms with Gasteiger partial charge in [0.15, 0.2) is 0 Å². The lowest BCUT2D eigenvalue weighted by atomic mass is 9.97. The van der Waals surface area contributed by atoms with Gasteiger partial charge in [-0.3, -0.25) is 0 Å². The number of aryl methyl sites for hydroxylation is 1. The summed E-state index contributed by atoms with van der Waals surface area (Å²) in [4.78, 5) is 21.9. The molecule has 0 saturated carbocycles. The van der Waals surface area contributed by atoms with E-state index < -0.39 is 0 Å². The van der Waals surface area contributed by atoms with E-state index in [1.165, 1.54) is 6.42 Å². The lowest BCUT2D eigenvalue weighted by Gasteiger charge is -2.38. The fourth-order valence-corrected chi connectivity index (χ4v) is 4.01. The summed E-state index contributed by atoms with van der Waals surface area (Å²) in [6, 6.07) is 6.24. The number of rotatable bonds is 4. The molecule has 2 aliphatic heterocycles. The molecule has 150 valence electrons. The van der Waals surface area contributed by atoms with Crippen molar-refractivity contribution in [3.63, 3.8) is 0 Å². The molecule has 2 amide bonds. The third-order valence-electron chi connectivity index (χ3n) is 5.90. The number of piperazine rings is 1. The Balaban J connectivity index is 1.56. The minimum atomic E-state index is 0.0390. The number of benzene rings is 1. The van der Waals surface area contributed by atoms with Crippen LogP contribution in [0.1, 0.15) is 18.4 Å². The zero-order valence-corrected chi connectivity index (χ0v) is 17.4. The van der Waals surface area contributed by atoms with Crippen molar-refractivity contribution in [2.24, 2.45) is 5.92 Å². The van der Waals surface area contributed by atoms with E-state index in [1.54, 1.807) is 0 Å². The van der Waals surface area contributed by atoms with Gasteiger partial charge in [0.1, 0.15) is 0 Å². The van der Waals surface area contributed by atoms with Gasteiger partial charge in [0.25, 0.3) is 0 Å². The Labute approximate surface area is 164 Å². The molecule has 3 rings (SSSR count). The van der Waals surface area contributed by atoms with Gasteiger partial charge in [-0.1, -0.05) is 6.07 Å². The molecule has 0 bridgehead atoms. The van der Waals surface area contributed by atoms with E-state index in [1.807, 2.05) is 25.9 Å². The van der Waals surface area contributed by atoms with Crippen LogP contribution in [0.5, 0.6) is 0 Å². The van der Waals surface area contributed by atoms with E-state index in [2.05, 4.69) is 45.3 Å². The van der Waals surface area contributed by atoms with Crippen molar-refractivity contribution in [2.75, 3.05) is 77.2 Å². The molecule has 1 unspecified atom stereocenters. The maximum Gasteiger partial charge on any atom is 0.321 e. The number of amides is 2. The van der Waals surface area contributed by atoms with Crippen molar-refractivity contribution in [3.05, 3.63) is 23.8 Å². The summed E-state index contributed by atoms with van der Waals surface area (Å²) in [7, 11) is 6.23. The molecule has 1 aromatic carbocycles. The van der Waals surface area contributed by atoms with Gasteiger partial charge in [0.2, 0.25) is 0 Å². The van der Waals surface area contributed by atoms with Crippen LogP contribution in [0.25, 0.3) is 0 Å². The summed E-state index contributed by atoms with van der Waals surface area (Å²) in [5.74, 6) is 0.585. The van der Waals surface area contributed by atoms with Gasteiger partial charge in [-0.25, -0.2) is 4.79 Å². The van der Waals surface area contributed by atoms with Crippen LogP contribution in [0.4, 0.5) is 16.2 Å². The van der Waals surface area contributed by atoms with Gasteiger partial charge < -0.3 is 24.9 Å². The number of nitrogens with one attached hydrogen (secondary N) is 1. The summed E-state index contributed by atoms with van der Waals surface area (Å²) in [5.41, 5.74) is 3.11. The first-order valence-corrected chi connectivity index (χ1v) is 10.2. The lowest BCUT2D eigenvalue weighted by Crippen LogP contribution is -2.49. The van der Waals surface area contributed by atoms with Gasteiger partial charge >= 0.3 is 6.03 Å². The highest BCUT2D eigenvalue weighted by atomic mass is 16.2. The molecule has 2 heterocycles. The van der Waals surface area contributed by atoms with Gasteiger partial charge in [-0.2, -0.15) is 0 Å². The zero-order chi connectivity index (χ0) is 19.4. The van der Waals surface area contributed by atoms with E-state index in [0.29, 0.717) is 5.92 Å². The number of urea groups is 1. The first-order valence-electron chi connectivity index (χ1n) is 10.2. The molecule has 0 spiro atoms. The fourth-order valence-electron chi connectivity index (χ4n) is 4.01. The maximum atomic E-state index is 12.9. The van der Waals surface area contributed by atoms with Crippen LogP contribution in [0.15, 0.2) is 18.2 Å². The normalized spacial score (nSPS) is 21.9. The molecule has 1 atom stereocenters. The second-order valence-corrected chi connectivity index (χ2v) is 8.38. The first-order chi connectivity index (χ1) is 12.9. The van der Waals surface area contributed by atoms with Crippen LogP contribution in [-0.2, 0) is 0 Å². The van der Waals surface area contributed by atoms with Crippen LogP contribution in [0.2, 0.25) is 0 Å². The topological polar surface area (TPSA) is 42.1 Å². The van der Waals surface area contributed by atoms with E-state index in [0.717, 1.165) is 69.2 Å². The summed E-state index contributed by atoms with van der Waals surface area (Å²) in [6.45, 7) is 9.48. The second-order valence-electron chi connectivity index (χ2n) is 8.38. The monoisotopic (exact) mass is 373 g/mol. The average Bonchev–Trinajstić information content (AvgIpc) is 2.65. The van der Waals surface area contributed by atoms with Crippen molar-refractivity contribution >= 4 is 17.4 Å². The Bertz CT molecular complexity index is 639. The number of nitrogens with zero attached hydrogens (tertiary/aromatic N) is 4. The van der Waals surface area contributed by atoms with E-state index >= 15 is 0 Å². The Kier molecular flexibility index (Phi) is 6.60. The first kappa shape index (κ1) is 20.0. The largest absolute Gasteiger partial charge is 0.378 e. The minimum absolute atomic E-state index is 0.0390. The van der Waals surface area contributed by atoms with Gasteiger partial charge in [0, 0.05) is 71.3 Å². The highest BCUT2D eigenvalue weighted by Gasteiger charge is 2.26. The van der Waals surface area contributed by atoms with Crippen LogP contribution in [0.3, 0.4) is 0 Å². The number of carbonyl (C=O) groups excluding carboxylic acids is 1. The van der Waals surface area contributed by atoms with Crippen LogP contribution in [-0.4, -0.2) is 87.7 Å². The molecule has 6 nitrogen and oxygen atoms in total. The summed E-state index contributed by atoms with van der Waals surface area (Å²) < 4.78 is 0. The number of hydrogen-bond donors (Lipinski definition) is 1. The molecule has 6 heteroatoms. The Morgan fingerprint density at radius 2 is 1.93 bits per heavy atom. The molecule has 2 fully saturated rings. The summed E-state index contributed by atoms with van der Waals surface area (Å²) in [5, 5.41) is 3.15. The van der Waals surface area contributed by atoms with E-state index in [9.17, 15) is 4.79 Å². The maximum absolute atomic E-state index is 12.9. The summed E-state index contributed by atoms with van der Waals surface area (Å²) >= 11 is 0. The standard InChI is InChI=1S/C21H35N5O/c1-17-7-8-19(23(2)3)14-20(17)22-21(27)26-9-5-6-18(16-26)15-25-12-10-24(4)11-13-25/h7-8,14,18H,5-6,9-13,15-16H2,1-4H3,(H,22,27). The van der Waals surface area contributed by atoms with Crippen molar-refractivity contribution < 1.29 is 4.79 Å². The van der Waals surface area contributed by atoms with Crippen LogP contribution in [0, 0.1) is 12.8 Å². The molecular weight excluding hydrogens is 338 g/mol. The van der Waals surface area contributed by atoms with Gasteiger partial charge in [-0.15, -0.1) is 0 Å². The van der Waals surface area contributed by atoms with Crippen LogP contribution < -0.4 is 10.2 Å². The third kappa shape index (κ3) is 5.36. The van der Waals surface area contributed by atoms with Crippen LogP contribution >= 0.6 is 0 Å². The SMILES string of the molecule is Cc1ccc(N(C)C)cc1NC(=O)N1CCCC(CN2CCN(C)CC2)C1. The molecule has 27 heavy (non-hydrogen) atoms. The molecule has 2 aliphatic rings. The van der Waals surface area contributed by atoms with E-state index in [-0.39, 0.29) is 6.03 Å². The van der Waals surface area contributed by atoms with Crippen molar-refractivity contribution in [3.8, 4) is 0 Å². The molecule has 0 aliphatic carbocycles. The Hall–Kier alpha value is -1.79. The van der Waals surface area contributed by atoms with Gasteiger partial charge in [0.05, 0.1) is 0 Å². The highest BCUT2D eigenvalue weighted by molar-refractivity contribution is 5.91. The molecular formula is C21H35N5O. The Morgan fingerprint density at radius 3 is 2.63 bits per heavy atom. The quantitative estimate of drug-likeness (QED) is 0.881. The Morgan fingerprint density at radius 1 is 1.19 bits per heavy atom. The fraction of sp³-hybridized carbons (Fsp3) is 0.667. The predicted octanol–water partition coefficient (Wildman–Crippen LogP) is 2.55. The molecule has 1 aromatic rings. The number of likely N-dealkylation sites (tertiary alicyclic amines) is 1. The average molecular weight is 374 g/mol. The number of carbonyl (C=O) groups is 1. The van der Waals surface area contributed by atoms with Crippen molar-refractivity contribution in [1.82, 2.24) is 14.7 Å². The molecule has 0 radical (unpaired) electrons. The molecule has 0 aromatic heterocycles. The smallest absolute Gasteiger partial charge is 0.321 e. The number of hydrogen-bond acceptors (Lipinski definition) is 4. The zero-order valence-electron chi connectivity index (χ0n) is 17.4. The number of piperidine rings is 1. The molecule has 2 saturated heterocycles. The van der Waals surface area contributed by atoms with Crippen molar-refractivity contribution in [1.29, 1.82) is 0 Å². The highest BCUT2D eigenvalue weighted by Crippen LogP contribution is 2.24. The predicted molar refractivity (Wildman–Crippen MR) is 113 cm³/mol. The number of likely N-dealkylation sites (N-methyl/N-ethyl adjacent to an activating group) is 1. The second kappa shape index (κ2) is 8.93. The van der Waals surface area contributed by atoms with Crippen molar-refractivity contribution in [2.45, 2.75) is 19.8 Å². The molecule has 1 N–H and O–H groups in total.